The molecule has 0 aliphatic carbocycles. The molecule has 4 heteroatoms. The first-order valence-corrected chi connectivity index (χ1v) is 4.68. The van der Waals surface area contributed by atoms with Gasteiger partial charge in [0, 0.05) is 5.33 Å². The SMILES string of the molecule is CCOC(=O)[C@](O)(CC)CBr. The molecular formula is C7H13BrO3. The second-order valence-corrected chi connectivity index (χ2v) is 2.80. The number of esters is 1. The summed E-state index contributed by atoms with van der Waals surface area (Å²) < 4.78 is 4.67. The molecule has 0 heterocycles. The Bertz CT molecular complexity index is 132. The Morgan fingerprint density at radius 1 is 1.64 bits per heavy atom. The summed E-state index contributed by atoms with van der Waals surface area (Å²) in [4.78, 5) is 11.0. The molecule has 0 fully saturated rings. The highest BCUT2D eigenvalue weighted by atomic mass is 79.9. The minimum absolute atomic E-state index is 0.218. The Morgan fingerprint density at radius 2 is 2.18 bits per heavy atom. The second kappa shape index (κ2) is 4.72. The van der Waals surface area contributed by atoms with Crippen molar-refractivity contribution in [2.75, 3.05) is 11.9 Å². The molecule has 0 amide bonds. The molecule has 1 atom stereocenters. The van der Waals surface area contributed by atoms with Gasteiger partial charge < -0.3 is 9.84 Å². The fourth-order valence-electron chi connectivity index (χ4n) is 0.559. The van der Waals surface area contributed by atoms with Crippen LogP contribution in [0.4, 0.5) is 0 Å². The minimum Gasteiger partial charge on any atom is -0.464 e. The molecule has 0 saturated carbocycles. The Hall–Kier alpha value is -0.0900. The highest BCUT2D eigenvalue weighted by Gasteiger charge is 2.34. The summed E-state index contributed by atoms with van der Waals surface area (Å²) in [7, 11) is 0. The third-order valence-corrected chi connectivity index (χ3v) is 2.39. The lowest BCUT2D eigenvalue weighted by Crippen LogP contribution is -2.41. The molecule has 0 aromatic rings. The molecule has 66 valence electrons. The van der Waals surface area contributed by atoms with E-state index in [1.54, 1.807) is 13.8 Å². The van der Waals surface area contributed by atoms with Gasteiger partial charge >= 0.3 is 5.97 Å². The third-order valence-electron chi connectivity index (χ3n) is 1.46. The van der Waals surface area contributed by atoms with Crippen molar-refractivity contribution in [3.8, 4) is 0 Å². The van der Waals surface area contributed by atoms with E-state index in [1.165, 1.54) is 0 Å². The number of rotatable bonds is 4. The van der Waals surface area contributed by atoms with Crippen molar-refractivity contribution < 1.29 is 14.6 Å². The van der Waals surface area contributed by atoms with Gasteiger partial charge in [-0.3, -0.25) is 0 Å². The Morgan fingerprint density at radius 3 is 2.45 bits per heavy atom. The maximum absolute atomic E-state index is 11.0. The van der Waals surface area contributed by atoms with Crippen LogP contribution >= 0.6 is 15.9 Å². The molecule has 0 aliphatic rings. The highest BCUT2D eigenvalue weighted by Crippen LogP contribution is 2.14. The first-order valence-electron chi connectivity index (χ1n) is 3.56. The first kappa shape index (κ1) is 10.9. The van der Waals surface area contributed by atoms with Crippen LogP contribution in [0, 0.1) is 0 Å². The van der Waals surface area contributed by atoms with E-state index in [4.69, 9.17) is 0 Å². The number of hydrogen-bond acceptors (Lipinski definition) is 3. The largest absolute Gasteiger partial charge is 0.464 e. The van der Waals surface area contributed by atoms with E-state index in [0.29, 0.717) is 13.0 Å². The number of alkyl halides is 1. The van der Waals surface area contributed by atoms with Gasteiger partial charge in [0.25, 0.3) is 0 Å². The number of aliphatic hydroxyl groups is 1. The van der Waals surface area contributed by atoms with Crippen molar-refractivity contribution in [3.05, 3.63) is 0 Å². The van der Waals surface area contributed by atoms with Gasteiger partial charge in [-0.15, -0.1) is 0 Å². The summed E-state index contributed by atoms with van der Waals surface area (Å²) in [5.74, 6) is -0.556. The van der Waals surface area contributed by atoms with Crippen molar-refractivity contribution in [2.24, 2.45) is 0 Å². The molecule has 0 radical (unpaired) electrons. The van der Waals surface area contributed by atoms with Crippen molar-refractivity contribution >= 4 is 21.9 Å². The van der Waals surface area contributed by atoms with Gasteiger partial charge in [0.15, 0.2) is 5.60 Å². The number of carbonyl (C=O) groups is 1. The van der Waals surface area contributed by atoms with Crippen molar-refractivity contribution in [1.82, 2.24) is 0 Å². The van der Waals surface area contributed by atoms with E-state index in [-0.39, 0.29) is 5.33 Å². The van der Waals surface area contributed by atoms with Gasteiger partial charge in [0.1, 0.15) is 0 Å². The van der Waals surface area contributed by atoms with Crippen LogP contribution in [0.15, 0.2) is 0 Å². The minimum atomic E-state index is -1.35. The average molecular weight is 225 g/mol. The van der Waals surface area contributed by atoms with E-state index in [1.807, 2.05) is 0 Å². The molecule has 0 bridgehead atoms. The standard InChI is InChI=1S/C7H13BrO3/c1-3-7(10,5-8)6(9)11-4-2/h10H,3-5H2,1-2H3/t7-/m0/s1. The van der Waals surface area contributed by atoms with Crippen LogP contribution in [0.1, 0.15) is 20.3 Å². The van der Waals surface area contributed by atoms with E-state index in [9.17, 15) is 9.90 Å². The van der Waals surface area contributed by atoms with Gasteiger partial charge in [0.2, 0.25) is 0 Å². The Balaban J connectivity index is 4.12. The second-order valence-electron chi connectivity index (χ2n) is 2.24. The van der Waals surface area contributed by atoms with E-state index in [2.05, 4.69) is 20.7 Å². The zero-order valence-corrected chi connectivity index (χ0v) is 8.35. The monoisotopic (exact) mass is 224 g/mol. The molecule has 0 aliphatic heterocycles. The number of hydrogen-bond donors (Lipinski definition) is 1. The van der Waals surface area contributed by atoms with Gasteiger partial charge in [0.05, 0.1) is 6.61 Å². The molecule has 0 unspecified atom stereocenters. The summed E-state index contributed by atoms with van der Waals surface area (Å²) in [6.07, 6.45) is 0.358. The Labute approximate surface area is 74.9 Å². The van der Waals surface area contributed by atoms with Gasteiger partial charge in [-0.05, 0) is 13.3 Å². The van der Waals surface area contributed by atoms with Gasteiger partial charge in [-0.25, -0.2) is 4.79 Å². The van der Waals surface area contributed by atoms with Crippen LogP contribution in [-0.2, 0) is 9.53 Å². The molecule has 0 saturated heterocycles. The van der Waals surface area contributed by atoms with Crippen LogP contribution < -0.4 is 0 Å². The summed E-state index contributed by atoms with van der Waals surface area (Å²) >= 11 is 3.05. The fraction of sp³-hybridized carbons (Fsp3) is 0.857. The molecular weight excluding hydrogens is 212 g/mol. The number of ether oxygens (including phenoxy) is 1. The quantitative estimate of drug-likeness (QED) is 0.575. The molecule has 0 aromatic carbocycles. The molecule has 3 nitrogen and oxygen atoms in total. The molecule has 0 rings (SSSR count). The summed E-state index contributed by atoms with van der Waals surface area (Å²) in [6, 6.07) is 0. The predicted octanol–water partition coefficient (Wildman–Crippen LogP) is 1.09. The third kappa shape index (κ3) is 2.79. The number of carbonyl (C=O) groups excluding carboxylic acids is 1. The predicted molar refractivity (Wildman–Crippen MR) is 45.7 cm³/mol. The van der Waals surface area contributed by atoms with E-state index >= 15 is 0 Å². The molecule has 11 heavy (non-hydrogen) atoms. The van der Waals surface area contributed by atoms with E-state index in [0.717, 1.165) is 0 Å². The zero-order chi connectivity index (χ0) is 8.91. The summed E-state index contributed by atoms with van der Waals surface area (Å²) in [5.41, 5.74) is -1.35. The average Bonchev–Trinajstić information content (AvgIpc) is 2.03. The summed E-state index contributed by atoms with van der Waals surface area (Å²) in [6.45, 7) is 3.74. The lowest BCUT2D eigenvalue weighted by molar-refractivity contribution is -0.162. The lowest BCUT2D eigenvalue weighted by Gasteiger charge is -2.20. The van der Waals surface area contributed by atoms with Crippen LogP contribution in [0.25, 0.3) is 0 Å². The molecule has 0 aromatic heterocycles. The normalized spacial score (nSPS) is 15.6. The highest BCUT2D eigenvalue weighted by molar-refractivity contribution is 9.09. The van der Waals surface area contributed by atoms with Crippen molar-refractivity contribution in [1.29, 1.82) is 0 Å². The van der Waals surface area contributed by atoms with Crippen LogP contribution in [0.3, 0.4) is 0 Å². The lowest BCUT2D eigenvalue weighted by atomic mass is 10.0. The van der Waals surface area contributed by atoms with Gasteiger partial charge in [-0.2, -0.15) is 0 Å². The van der Waals surface area contributed by atoms with Crippen LogP contribution in [-0.4, -0.2) is 28.6 Å². The fourth-order valence-corrected chi connectivity index (χ4v) is 1.18. The zero-order valence-electron chi connectivity index (χ0n) is 6.76. The maximum atomic E-state index is 11.0. The van der Waals surface area contributed by atoms with Crippen molar-refractivity contribution in [3.63, 3.8) is 0 Å². The number of halogens is 1. The first-order chi connectivity index (χ1) is 5.10. The van der Waals surface area contributed by atoms with Gasteiger partial charge in [-0.1, -0.05) is 22.9 Å². The summed E-state index contributed by atoms with van der Waals surface area (Å²) in [5, 5.41) is 9.72. The van der Waals surface area contributed by atoms with Crippen LogP contribution in [0.5, 0.6) is 0 Å². The maximum Gasteiger partial charge on any atom is 0.338 e. The smallest absolute Gasteiger partial charge is 0.338 e. The molecule has 0 spiro atoms. The topological polar surface area (TPSA) is 46.5 Å². The Kier molecular flexibility index (Phi) is 4.68. The molecule has 1 N–H and O–H groups in total. The van der Waals surface area contributed by atoms with E-state index < -0.39 is 11.6 Å². The van der Waals surface area contributed by atoms with Crippen LogP contribution in [0.2, 0.25) is 0 Å². The van der Waals surface area contributed by atoms with Crippen molar-refractivity contribution in [2.45, 2.75) is 25.9 Å².